The summed E-state index contributed by atoms with van der Waals surface area (Å²) < 4.78 is 0. The second kappa shape index (κ2) is 3.14. The molecular weight excluding hydrogens is 142 g/mol. The van der Waals surface area contributed by atoms with E-state index in [1.54, 1.807) is 0 Å². The van der Waals surface area contributed by atoms with Crippen LogP contribution in [-0.2, 0) is 0 Å². The average molecular weight is 157 g/mol. The first-order chi connectivity index (χ1) is 4.97. The van der Waals surface area contributed by atoms with E-state index in [1.165, 1.54) is 38.1 Å². The Labute approximate surface area is 67.0 Å². The smallest absolute Gasteiger partial charge is 0.00875 e. The number of hydrogen-bond donors (Lipinski definition) is 1. The summed E-state index contributed by atoms with van der Waals surface area (Å²) in [7, 11) is 0. The third-order valence-electron chi connectivity index (χ3n) is 2.58. The van der Waals surface area contributed by atoms with E-state index in [2.05, 4.69) is 17.1 Å². The molecule has 0 aromatic carbocycles. The van der Waals surface area contributed by atoms with Crippen molar-refractivity contribution in [3.05, 3.63) is 0 Å². The zero-order valence-electron chi connectivity index (χ0n) is 6.31. The molecule has 2 atom stereocenters. The standard InChI is InChI=1S/C8H15NS/c1-4-9-6-7-2-3-8(7)10-5-1/h7-9H,1-6H2. The third kappa shape index (κ3) is 1.32. The van der Waals surface area contributed by atoms with E-state index < -0.39 is 0 Å². The van der Waals surface area contributed by atoms with E-state index in [0.29, 0.717) is 0 Å². The summed E-state index contributed by atoms with van der Waals surface area (Å²) in [6.45, 7) is 2.54. The highest BCUT2D eigenvalue weighted by Gasteiger charge is 2.30. The predicted octanol–water partition coefficient (Wildman–Crippen LogP) is 1.49. The summed E-state index contributed by atoms with van der Waals surface area (Å²) in [6.07, 6.45) is 4.33. The first-order valence-corrected chi connectivity index (χ1v) is 5.34. The molecule has 1 nitrogen and oxygen atoms in total. The molecule has 2 unspecified atom stereocenters. The van der Waals surface area contributed by atoms with Crippen LogP contribution in [0.1, 0.15) is 19.3 Å². The van der Waals surface area contributed by atoms with Crippen LogP contribution in [0.15, 0.2) is 0 Å². The van der Waals surface area contributed by atoms with E-state index in [-0.39, 0.29) is 0 Å². The number of fused-ring (bicyclic) bond motifs is 1. The van der Waals surface area contributed by atoms with Crippen LogP contribution >= 0.6 is 11.8 Å². The van der Waals surface area contributed by atoms with Gasteiger partial charge in [0, 0.05) is 5.25 Å². The highest BCUT2D eigenvalue weighted by atomic mass is 32.2. The Morgan fingerprint density at radius 1 is 1.30 bits per heavy atom. The van der Waals surface area contributed by atoms with Gasteiger partial charge in [0.15, 0.2) is 0 Å². The molecule has 2 rings (SSSR count). The van der Waals surface area contributed by atoms with E-state index in [0.717, 1.165) is 11.2 Å². The molecule has 2 heteroatoms. The van der Waals surface area contributed by atoms with E-state index in [9.17, 15) is 0 Å². The summed E-state index contributed by atoms with van der Waals surface area (Å²) >= 11 is 2.21. The van der Waals surface area contributed by atoms with Crippen molar-refractivity contribution in [1.82, 2.24) is 5.32 Å². The number of thioether (sulfide) groups is 1. The Balaban J connectivity index is 1.83. The van der Waals surface area contributed by atoms with Gasteiger partial charge in [0.25, 0.3) is 0 Å². The Kier molecular flexibility index (Phi) is 2.19. The number of rotatable bonds is 0. The maximum absolute atomic E-state index is 3.51. The van der Waals surface area contributed by atoms with Crippen molar-refractivity contribution in [2.75, 3.05) is 18.8 Å². The van der Waals surface area contributed by atoms with E-state index in [1.807, 2.05) is 0 Å². The van der Waals surface area contributed by atoms with Crippen molar-refractivity contribution >= 4 is 11.8 Å². The zero-order valence-corrected chi connectivity index (χ0v) is 7.12. The summed E-state index contributed by atoms with van der Waals surface area (Å²) in [5, 5.41) is 4.53. The van der Waals surface area contributed by atoms with Crippen LogP contribution in [0.5, 0.6) is 0 Å². The molecule has 10 heavy (non-hydrogen) atoms. The normalized spacial score (nSPS) is 40.8. The fraction of sp³-hybridized carbons (Fsp3) is 1.00. The Hall–Kier alpha value is 0.310. The van der Waals surface area contributed by atoms with Gasteiger partial charge in [-0.3, -0.25) is 0 Å². The maximum atomic E-state index is 3.51. The van der Waals surface area contributed by atoms with Crippen LogP contribution in [0, 0.1) is 5.92 Å². The molecule has 0 aromatic rings. The Morgan fingerprint density at radius 3 is 3.10 bits per heavy atom. The van der Waals surface area contributed by atoms with Crippen LogP contribution < -0.4 is 5.32 Å². The summed E-state index contributed by atoms with van der Waals surface area (Å²) in [4.78, 5) is 0. The number of hydrogen-bond acceptors (Lipinski definition) is 2. The van der Waals surface area contributed by atoms with Gasteiger partial charge in [-0.15, -0.1) is 0 Å². The highest BCUT2D eigenvalue weighted by Crippen LogP contribution is 2.37. The van der Waals surface area contributed by atoms with Crippen LogP contribution in [0.3, 0.4) is 0 Å². The van der Waals surface area contributed by atoms with E-state index in [4.69, 9.17) is 0 Å². The minimum atomic E-state index is 1.02. The van der Waals surface area contributed by atoms with Gasteiger partial charge < -0.3 is 5.32 Å². The summed E-state index contributed by atoms with van der Waals surface area (Å²) in [6, 6.07) is 0. The van der Waals surface area contributed by atoms with Gasteiger partial charge in [0.05, 0.1) is 0 Å². The Morgan fingerprint density at radius 2 is 2.30 bits per heavy atom. The maximum Gasteiger partial charge on any atom is 0.00875 e. The summed E-state index contributed by atoms with van der Waals surface area (Å²) in [5.41, 5.74) is 0. The van der Waals surface area contributed by atoms with Gasteiger partial charge in [-0.2, -0.15) is 11.8 Å². The largest absolute Gasteiger partial charge is 0.316 e. The van der Waals surface area contributed by atoms with Crippen molar-refractivity contribution in [3.8, 4) is 0 Å². The van der Waals surface area contributed by atoms with Crippen LogP contribution in [0.25, 0.3) is 0 Å². The Bertz CT molecular complexity index is 102. The van der Waals surface area contributed by atoms with Gasteiger partial charge in [-0.25, -0.2) is 0 Å². The quantitative estimate of drug-likeness (QED) is 0.572. The van der Waals surface area contributed by atoms with Gasteiger partial charge in [0.1, 0.15) is 0 Å². The molecule has 58 valence electrons. The van der Waals surface area contributed by atoms with Crippen molar-refractivity contribution < 1.29 is 0 Å². The van der Waals surface area contributed by atoms with Crippen LogP contribution in [0.2, 0.25) is 0 Å². The molecule has 2 fully saturated rings. The van der Waals surface area contributed by atoms with Crippen molar-refractivity contribution in [2.45, 2.75) is 24.5 Å². The molecule has 2 aliphatic rings. The zero-order chi connectivity index (χ0) is 6.81. The molecule has 1 aliphatic heterocycles. The lowest BCUT2D eigenvalue weighted by Gasteiger charge is -2.37. The molecule has 0 aromatic heterocycles. The van der Waals surface area contributed by atoms with Crippen molar-refractivity contribution in [3.63, 3.8) is 0 Å². The van der Waals surface area contributed by atoms with Gasteiger partial charge in [-0.1, -0.05) is 0 Å². The monoisotopic (exact) mass is 157 g/mol. The van der Waals surface area contributed by atoms with E-state index >= 15 is 0 Å². The first-order valence-electron chi connectivity index (χ1n) is 4.29. The minimum Gasteiger partial charge on any atom is -0.316 e. The predicted molar refractivity (Wildman–Crippen MR) is 46.5 cm³/mol. The molecule has 1 saturated heterocycles. The van der Waals surface area contributed by atoms with Crippen LogP contribution in [-0.4, -0.2) is 24.1 Å². The van der Waals surface area contributed by atoms with Gasteiger partial charge in [-0.05, 0) is 44.0 Å². The van der Waals surface area contributed by atoms with Crippen LogP contribution in [0.4, 0.5) is 0 Å². The molecular formula is C8H15NS. The third-order valence-corrected chi connectivity index (χ3v) is 4.16. The molecule has 1 aliphatic carbocycles. The lowest BCUT2D eigenvalue weighted by molar-refractivity contribution is 0.313. The second-order valence-corrected chi connectivity index (χ2v) is 4.65. The second-order valence-electron chi connectivity index (χ2n) is 3.30. The highest BCUT2D eigenvalue weighted by molar-refractivity contribution is 7.99. The summed E-state index contributed by atoms with van der Waals surface area (Å²) in [5.74, 6) is 2.40. The molecule has 0 amide bonds. The molecule has 0 bridgehead atoms. The topological polar surface area (TPSA) is 12.0 Å². The SMILES string of the molecule is C1CNCC2CCC2SC1. The lowest BCUT2D eigenvalue weighted by Crippen LogP contribution is -2.39. The van der Waals surface area contributed by atoms with Gasteiger partial charge >= 0.3 is 0 Å². The molecule has 0 radical (unpaired) electrons. The molecule has 1 saturated carbocycles. The minimum absolute atomic E-state index is 1.02. The van der Waals surface area contributed by atoms with Gasteiger partial charge in [0.2, 0.25) is 0 Å². The fourth-order valence-corrected chi connectivity index (χ4v) is 3.13. The molecule has 1 heterocycles. The molecule has 1 N–H and O–H groups in total. The molecule has 0 spiro atoms. The van der Waals surface area contributed by atoms with Crippen molar-refractivity contribution in [2.24, 2.45) is 5.92 Å². The first kappa shape index (κ1) is 6.99. The lowest BCUT2D eigenvalue weighted by atomic mass is 9.84. The average Bonchev–Trinajstić information content (AvgIpc) is 1.89. The number of nitrogens with one attached hydrogen (secondary N) is 1. The van der Waals surface area contributed by atoms with Crippen molar-refractivity contribution in [1.29, 1.82) is 0 Å². The fourth-order valence-electron chi connectivity index (χ4n) is 1.71.